The second-order valence-electron chi connectivity index (χ2n) is 3.72. The molecule has 2 aromatic rings. The average molecular weight is 256 g/mol. The Hall–Kier alpha value is -2.02. The van der Waals surface area contributed by atoms with Gasteiger partial charge in [-0.25, -0.2) is 0 Å². The maximum atomic E-state index is 12.3. The summed E-state index contributed by atoms with van der Waals surface area (Å²) >= 11 is 0. The van der Waals surface area contributed by atoms with Gasteiger partial charge in [-0.15, -0.1) is 0 Å². The fourth-order valence-electron chi connectivity index (χ4n) is 1.49. The summed E-state index contributed by atoms with van der Waals surface area (Å²) in [5, 5.41) is 14.2. The van der Waals surface area contributed by atoms with Crippen molar-refractivity contribution in [2.24, 2.45) is 0 Å². The van der Waals surface area contributed by atoms with Crippen LogP contribution in [0.3, 0.4) is 0 Å². The number of nitrogens with one attached hydrogen (secondary N) is 1. The van der Waals surface area contributed by atoms with Gasteiger partial charge < -0.3 is 10.7 Å². The molecule has 0 aliphatic rings. The number of alkyl halides is 3. The Labute approximate surface area is 101 Å². The number of halogens is 3. The summed E-state index contributed by atoms with van der Waals surface area (Å²) in [5.74, 6) is 0. The Kier molecular flexibility index (Phi) is 3.24. The van der Waals surface area contributed by atoms with Crippen molar-refractivity contribution in [3.63, 3.8) is 0 Å². The maximum absolute atomic E-state index is 12.3. The molecule has 0 amide bonds. The van der Waals surface area contributed by atoms with Crippen molar-refractivity contribution < 1.29 is 13.2 Å². The number of hydrogen-bond acceptors (Lipinski definition) is 3. The monoisotopic (exact) mass is 256 g/mol. The first kappa shape index (κ1) is 12.4. The van der Waals surface area contributed by atoms with E-state index < -0.39 is 11.7 Å². The number of anilines is 1. The van der Waals surface area contributed by atoms with Crippen molar-refractivity contribution in [2.45, 2.75) is 12.7 Å². The first-order chi connectivity index (χ1) is 8.49. The zero-order valence-electron chi connectivity index (χ0n) is 9.11. The smallest absolute Gasteiger partial charge is 0.416 e. The third-order valence-electron chi connectivity index (χ3n) is 2.38. The lowest BCUT2D eigenvalue weighted by molar-refractivity contribution is -0.137. The van der Waals surface area contributed by atoms with Crippen LogP contribution in [0.2, 0.25) is 0 Å². The van der Waals surface area contributed by atoms with E-state index in [1.807, 2.05) is 0 Å². The SMILES string of the molecule is [O-]Nc1cnn(Cc2ccc(C(F)(F)F)cc2)c1. The van der Waals surface area contributed by atoms with Crippen LogP contribution in [0.5, 0.6) is 0 Å². The van der Waals surface area contributed by atoms with E-state index in [0.717, 1.165) is 12.1 Å². The van der Waals surface area contributed by atoms with Gasteiger partial charge in [-0.3, -0.25) is 4.68 Å². The molecule has 4 nitrogen and oxygen atoms in total. The summed E-state index contributed by atoms with van der Waals surface area (Å²) in [6.07, 6.45) is -1.51. The van der Waals surface area contributed by atoms with Crippen LogP contribution in [0.15, 0.2) is 36.7 Å². The lowest BCUT2D eigenvalue weighted by atomic mass is 10.1. The van der Waals surface area contributed by atoms with E-state index in [-0.39, 0.29) is 0 Å². The van der Waals surface area contributed by atoms with Gasteiger partial charge in [-0.2, -0.15) is 18.3 Å². The van der Waals surface area contributed by atoms with E-state index >= 15 is 0 Å². The first-order valence-corrected chi connectivity index (χ1v) is 5.06. The fourth-order valence-corrected chi connectivity index (χ4v) is 1.49. The zero-order valence-corrected chi connectivity index (χ0v) is 9.11. The van der Waals surface area contributed by atoms with E-state index in [0.29, 0.717) is 17.8 Å². The number of rotatable bonds is 3. The summed E-state index contributed by atoms with van der Waals surface area (Å²) in [6.45, 7) is 0.305. The first-order valence-electron chi connectivity index (χ1n) is 5.06. The topological polar surface area (TPSA) is 52.9 Å². The fraction of sp³-hybridized carbons (Fsp3) is 0.182. The minimum absolute atomic E-state index is 0.305. The van der Waals surface area contributed by atoms with Crippen LogP contribution in [-0.4, -0.2) is 9.78 Å². The number of nitrogens with zero attached hydrogens (tertiary/aromatic N) is 2. The molecule has 18 heavy (non-hydrogen) atoms. The van der Waals surface area contributed by atoms with Crippen LogP contribution < -0.4 is 5.48 Å². The standard InChI is InChI=1S/C11H9F3N3O/c12-11(13,14)9-3-1-8(2-4-9)6-17-7-10(16-18)5-15-17/h1-5,7,16H,6H2/q-1. The normalized spacial score (nSPS) is 11.6. The Morgan fingerprint density at radius 3 is 2.39 bits per heavy atom. The molecule has 1 N–H and O–H groups in total. The molecule has 0 aliphatic heterocycles. The quantitative estimate of drug-likeness (QED) is 0.859. The van der Waals surface area contributed by atoms with Gasteiger partial charge in [0.2, 0.25) is 0 Å². The van der Waals surface area contributed by atoms with Crippen molar-refractivity contribution in [1.82, 2.24) is 9.78 Å². The molecule has 96 valence electrons. The third-order valence-corrected chi connectivity index (χ3v) is 2.38. The van der Waals surface area contributed by atoms with Crippen molar-refractivity contribution in [3.05, 3.63) is 53.0 Å². The molecule has 0 bridgehead atoms. The molecule has 0 atom stereocenters. The highest BCUT2D eigenvalue weighted by Gasteiger charge is 2.29. The molecule has 0 unspecified atom stereocenters. The number of benzene rings is 1. The Balaban J connectivity index is 2.11. The van der Waals surface area contributed by atoms with E-state index in [9.17, 15) is 18.4 Å². The molecule has 0 radical (unpaired) electrons. The van der Waals surface area contributed by atoms with Gasteiger partial charge in [0.1, 0.15) is 0 Å². The van der Waals surface area contributed by atoms with E-state index in [2.05, 4.69) is 5.10 Å². The zero-order chi connectivity index (χ0) is 13.2. The highest BCUT2D eigenvalue weighted by Crippen LogP contribution is 2.29. The Bertz CT molecular complexity index is 519. The third kappa shape index (κ3) is 2.80. The molecular weight excluding hydrogens is 247 g/mol. The number of hydrogen-bond donors (Lipinski definition) is 1. The lowest BCUT2D eigenvalue weighted by Crippen LogP contribution is -2.05. The van der Waals surface area contributed by atoms with Gasteiger partial charge in [0, 0.05) is 6.20 Å². The summed E-state index contributed by atoms with van der Waals surface area (Å²) in [5.41, 5.74) is 1.97. The van der Waals surface area contributed by atoms with Gasteiger partial charge in [-0.05, 0) is 17.7 Å². The second kappa shape index (κ2) is 4.69. The van der Waals surface area contributed by atoms with Crippen molar-refractivity contribution in [3.8, 4) is 0 Å². The average Bonchev–Trinajstić information content (AvgIpc) is 2.76. The molecule has 1 aromatic carbocycles. The largest absolute Gasteiger partial charge is 0.761 e. The summed E-state index contributed by atoms with van der Waals surface area (Å²) in [7, 11) is 0. The second-order valence-corrected chi connectivity index (χ2v) is 3.72. The van der Waals surface area contributed by atoms with Crippen LogP contribution in [0, 0.1) is 5.21 Å². The highest BCUT2D eigenvalue weighted by atomic mass is 19.4. The van der Waals surface area contributed by atoms with Crippen molar-refractivity contribution in [2.75, 3.05) is 5.48 Å². The predicted molar refractivity (Wildman–Crippen MR) is 59.8 cm³/mol. The van der Waals surface area contributed by atoms with Crippen LogP contribution in [0.1, 0.15) is 11.1 Å². The highest BCUT2D eigenvalue weighted by molar-refractivity contribution is 5.38. The molecule has 0 saturated heterocycles. The summed E-state index contributed by atoms with van der Waals surface area (Å²) in [6, 6.07) is 4.81. The maximum Gasteiger partial charge on any atom is 0.416 e. The lowest BCUT2D eigenvalue weighted by Gasteiger charge is -2.08. The number of aromatic nitrogens is 2. The van der Waals surface area contributed by atoms with Crippen LogP contribution >= 0.6 is 0 Å². The van der Waals surface area contributed by atoms with Gasteiger partial charge in [-0.1, -0.05) is 12.1 Å². The van der Waals surface area contributed by atoms with Gasteiger partial charge in [0.05, 0.1) is 24.0 Å². The van der Waals surface area contributed by atoms with Crippen LogP contribution in [0.25, 0.3) is 0 Å². The summed E-state index contributed by atoms with van der Waals surface area (Å²) in [4.78, 5) is 0. The molecule has 0 spiro atoms. The minimum atomic E-state index is -4.33. The van der Waals surface area contributed by atoms with Crippen LogP contribution in [0.4, 0.5) is 18.9 Å². The summed E-state index contributed by atoms with van der Waals surface area (Å²) < 4.78 is 38.5. The predicted octanol–water partition coefficient (Wildman–Crippen LogP) is 2.86. The Morgan fingerprint density at radius 2 is 1.89 bits per heavy atom. The van der Waals surface area contributed by atoms with E-state index in [4.69, 9.17) is 0 Å². The van der Waals surface area contributed by atoms with E-state index in [1.54, 1.807) is 5.48 Å². The molecule has 2 rings (SSSR count). The van der Waals surface area contributed by atoms with Gasteiger partial charge in [0.15, 0.2) is 0 Å². The van der Waals surface area contributed by atoms with Crippen molar-refractivity contribution in [1.29, 1.82) is 0 Å². The van der Waals surface area contributed by atoms with Gasteiger partial charge in [0.25, 0.3) is 0 Å². The molecule has 1 heterocycles. The van der Waals surface area contributed by atoms with Crippen LogP contribution in [-0.2, 0) is 12.7 Å². The van der Waals surface area contributed by atoms with Gasteiger partial charge >= 0.3 is 6.18 Å². The minimum Gasteiger partial charge on any atom is -0.761 e. The molecule has 0 fully saturated rings. The molecule has 0 saturated carbocycles. The molecule has 0 aliphatic carbocycles. The molecule has 7 heteroatoms. The molecule has 1 aromatic heterocycles. The Morgan fingerprint density at radius 1 is 1.22 bits per heavy atom. The van der Waals surface area contributed by atoms with Crippen molar-refractivity contribution >= 4 is 5.69 Å². The molecular formula is C11H9F3N3O-. The van der Waals surface area contributed by atoms with E-state index in [1.165, 1.54) is 29.2 Å².